The summed E-state index contributed by atoms with van der Waals surface area (Å²) in [5.41, 5.74) is 1.55. The lowest BCUT2D eigenvalue weighted by Crippen LogP contribution is -2.09. The van der Waals surface area contributed by atoms with Crippen molar-refractivity contribution in [3.8, 4) is 11.3 Å². The van der Waals surface area contributed by atoms with Crippen LogP contribution in [0, 0.1) is 0 Å². The summed E-state index contributed by atoms with van der Waals surface area (Å²) >= 11 is 0. The Labute approximate surface area is 109 Å². The fraction of sp³-hybridized carbons (Fsp3) is 0.0667. The topological polar surface area (TPSA) is 63.3 Å². The highest BCUT2D eigenvalue weighted by atomic mass is 16.3. The molecule has 0 fully saturated rings. The largest absolute Gasteiger partial charge is 0.464 e. The van der Waals surface area contributed by atoms with E-state index in [1.54, 1.807) is 12.1 Å². The summed E-state index contributed by atoms with van der Waals surface area (Å²) in [6, 6.07) is 12.9. The molecule has 4 heteroatoms. The monoisotopic (exact) mass is 253 g/mol. The minimum absolute atomic E-state index is 0.233. The number of aliphatic hydroxyl groups excluding tert-OH is 1. The summed E-state index contributed by atoms with van der Waals surface area (Å²) < 4.78 is 5.33. The molecule has 0 amide bonds. The van der Waals surface area contributed by atoms with Gasteiger partial charge in [-0.3, -0.25) is 4.79 Å². The Morgan fingerprint density at radius 3 is 2.79 bits per heavy atom. The van der Waals surface area contributed by atoms with Crippen molar-refractivity contribution in [2.45, 2.75) is 0 Å². The van der Waals surface area contributed by atoms with Crippen molar-refractivity contribution >= 4 is 16.7 Å². The standard InChI is InChI=1S/C15H11NO3/c17-9-13(18)15-11(14-6-3-7-19-14)8-10-4-1-2-5-12(10)16-15/h1-8,17H,9H2. The van der Waals surface area contributed by atoms with Crippen molar-refractivity contribution in [1.82, 2.24) is 4.98 Å². The maximum absolute atomic E-state index is 11.8. The molecule has 19 heavy (non-hydrogen) atoms. The number of carbonyl (C=O) groups excluding carboxylic acids is 1. The molecule has 2 heterocycles. The van der Waals surface area contributed by atoms with Gasteiger partial charge in [-0.05, 0) is 24.3 Å². The van der Waals surface area contributed by atoms with Crippen LogP contribution >= 0.6 is 0 Å². The number of hydrogen-bond donors (Lipinski definition) is 1. The van der Waals surface area contributed by atoms with E-state index in [2.05, 4.69) is 4.98 Å². The molecule has 1 aromatic carbocycles. The van der Waals surface area contributed by atoms with Gasteiger partial charge in [-0.15, -0.1) is 0 Å². The van der Waals surface area contributed by atoms with Crippen LogP contribution in [0.1, 0.15) is 10.5 Å². The molecule has 0 saturated carbocycles. The van der Waals surface area contributed by atoms with E-state index in [-0.39, 0.29) is 5.69 Å². The zero-order valence-electron chi connectivity index (χ0n) is 10.0. The summed E-state index contributed by atoms with van der Waals surface area (Å²) in [5.74, 6) is 0.146. The van der Waals surface area contributed by atoms with Gasteiger partial charge in [0.05, 0.1) is 11.8 Å². The average Bonchev–Trinajstić information content (AvgIpc) is 2.99. The van der Waals surface area contributed by atoms with Gasteiger partial charge >= 0.3 is 0 Å². The number of pyridine rings is 1. The van der Waals surface area contributed by atoms with E-state index in [9.17, 15) is 4.79 Å². The minimum Gasteiger partial charge on any atom is -0.464 e. The molecule has 94 valence electrons. The summed E-state index contributed by atoms with van der Waals surface area (Å²) in [4.78, 5) is 16.2. The number of nitrogens with zero attached hydrogens (tertiary/aromatic N) is 1. The van der Waals surface area contributed by atoms with Crippen LogP contribution in [0.2, 0.25) is 0 Å². The van der Waals surface area contributed by atoms with Crippen LogP contribution in [-0.2, 0) is 0 Å². The highest BCUT2D eigenvalue weighted by molar-refractivity contribution is 6.03. The smallest absolute Gasteiger partial charge is 0.207 e. The van der Waals surface area contributed by atoms with Crippen LogP contribution in [-0.4, -0.2) is 22.5 Å². The molecule has 0 aliphatic carbocycles. The first-order valence-electron chi connectivity index (χ1n) is 5.87. The van der Waals surface area contributed by atoms with Gasteiger partial charge in [0, 0.05) is 10.9 Å². The normalized spacial score (nSPS) is 10.8. The molecular weight excluding hydrogens is 242 g/mol. The first kappa shape index (κ1) is 11.6. The number of para-hydroxylation sites is 1. The van der Waals surface area contributed by atoms with E-state index in [1.165, 1.54) is 6.26 Å². The third kappa shape index (κ3) is 2.02. The van der Waals surface area contributed by atoms with Crippen molar-refractivity contribution in [2.24, 2.45) is 0 Å². The molecule has 3 rings (SSSR count). The Kier molecular flexibility index (Phi) is 2.85. The van der Waals surface area contributed by atoms with Gasteiger partial charge in [-0.2, -0.15) is 0 Å². The lowest BCUT2D eigenvalue weighted by Gasteiger charge is -2.07. The fourth-order valence-corrected chi connectivity index (χ4v) is 2.02. The molecule has 0 spiro atoms. The predicted octanol–water partition coefficient (Wildman–Crippen LogP) is 2.67. The number of benzene rings is 1. The van der Waals surface area contributed by atoms with Gasteiger partial charge in [-0.25, -0.2) is 4.98 Å². The number of aliphatic hydroxyl groups is 1. The van der Waals surface area contributed by atoms with Crippen LogP contribution in [0.5, 0.6) is 0 Å². The van der Waals surface area contributed by atoms with Crippen molar-refractivity contribution < 1.29 is 14.3 Å². The fourth-order valence-electron chi connectivity index (χ4n) is 2.02. The second kappa shape index (κ2) is 4.66. The Hall–Kier alpha value is -2.46. The number of carbonyl (C=O) groups is 1. The molecule has 2 aromatic heterocycles. The van der Waals surface area contributed by atoms with Crippen LogP contribution < -0.4 is 0 Å². The second-order valence-corrected chi connectivity index (χ2v) is 4.14. The molecule has 0 aliphatic rings. The van der Waals surface area contributed by atoms with E-state index in [0.29, 0.717) is 11.3 Å². The minimum atomic E-state index is -0.570. The highest BCUT2D eigenvalue weighted by Gasteiger charge is 2.16. The molecule has 0 radical (unpaired) electrons. The van der Waals surface area contributed by atoms with Crippen molar-refractivity contribution in [3.63, 3.8) is 0 Å². The molecule has 3 aromatic rings. The van der Waals surface area contributed by atoms with Gasteiger partial charge < -0.3 is 9.52 Å². The van der Waals surface area contributed by atoms with E-state index in [1.807, 2.05) is 30.3 Å². The number of ketones is 1. The lowest BCUT2D eigenvalue weighted by atomic mass is 10.0. The third-order valence-electron chi connectivity index (χ3n) is 2.92. The van der Waals surface area contributed by atoms with Gasteiger partial charge in [0.15, 0.2) is 0 Å². The number of hydrogen-bond acceptors (Lipinski definition) is 4. The zero-order chi connectivity index (χ0) is 13.2. The van der Waals surface area contributed by atoms with E-state index < -0.39 is 12.4 Å². The van der Waals surface area contributed by atoms with Crippen LogP contribution in [0.4, 0.5) is 0 Å². The van der Waals surface area contributed by atoms with Gasteiger partial charge in [0.25, 0.3) is 0 Å². The molecular formula is C15H11NO3. The quantitative estimate of drug-likeness (QED) is 0.729. The van der Waals surface area contributed by atoms with Crippen LogP contribution in [0.25, 0.3) is 22.2 Å². The maximum atomic E-state index is 11.8. The van der Waals surface area contributed by atoms with Crippen molar-refractivity contribution in [3.05, 3.63) is 54.4 Å². The Morgan fingerprint density at radius 2 is 2.05 bits per heavy atom. The van der Waals surface area contributed by atoms with Gasteiger partial charge in [0.1, 0.15) is 18.1 Å². The van der Waals surface area contributed by atoms with Gasteiger partial charge in [0.2, 0.25) is 5.78 Å². The third-order valence-corrected chi connectivity index (χ3v) is 2.92. The zero-order valence-corrected chi connectivity index (χ0v) is 10.0. The van der Waals surface area contributed by atoms with E-state index in [0.717, 1.165) is 10.9 Å². The van der Waals surface area contributed by atoms with Crippen LogP contribution in [0.3, 0.4) is 0 Å². The first-order chi connectivity index (χ1) is 9.29. The second-order valence-electron chi connectivity index (χ2n) is 4.14. The summed E-state index contributed by atoms with van der Waals surface area (Å²) in [5, 5.41) is 9.98. The molecule has 0 bridgehead atoms. The first-order valence-corrected chi connectivity index (χ1v) is 5.87. The molecule has 0 atom stereocenters. The summed E-state index contributed by atoms with van der Waals surface area (Å²) in [6.45, 7) is -0.570. The maximum Gasteiger partial charge on any atom is 0.207 e. The number of aromatic nitrogens is 1. The average molecular weight is 253 g/mol. The molecule has 0 unspecified atom stereocenters. The van der Waals surface area contributed by atoms with Crippen molar-refractivity contribution in [1.29, 1.82) is 0 Å². The van der Waals surface area contributed by atoms with E-state index >= 15 is 0 Å². The van der Waals surface area contributed by atoms with Crippen LogP contribution in [0.15, 0.2) is 53.1 Å². The molecule has 1 N–H and O–H groups in total. The summed E-state index contributed by atoms with van der Waals surface area (Å²) in [6.07, 6.45) is 1.54. The van der Waals surface area contributed by atoms with Gasteiger partial charge in [-0.1, -0.05) is 18.2 Å². The molecule has 0 aliphatic heterocycles. The Balaban J connectivity index is 2.30. The Bertz CT molecular complexity index is 732. The number of fused-ring (bicyclic) bond motifs is 1. The molecule has 4 nitrogen and oxygen atoms in total. The number of rotatable bonds is 3. The van der Waals surface area contributed by atoms with Crippen molar-refractivity contribution in [2.75, 3.05) is 6.61 Å². The number of Topliss-reactive ketones (excluding diaryl/α,β-unsaturated/α-hetero) is 1. The SMILES string of the molecule is O=C(CO)c1nc2ccccc2cc1-c1ccco1. The highest BCUT2D eigenvalue weighted by Crippen LogP contribution is 2.27. The summed E-state index contributed by atoms with van der Waals surface area (Å²) in [7, 11) is 0. The van der Waals surface area contributed by atoms with E-state index in [4.69, 9.17) is 9.52 Å². The predicted molar refractivity (Wildman–Crippen MR) is 70.9 cm³/mol. The number of furan rings is 1. The Morgan fingerprint density at radius 1 is 1.21 bits per heavy atom. The lowest BCUT2D eigenvalue weighted by molar-refractivity contribution is 0.0899. The molecule has 0 saturated heterocycles.